The highest BCUT2D eigenvalue weighted by molar-refractivity contribution is 7.92. The summed E-state index contributed by atoms with van der Waals surface area (Å²) < 4.78 is 29.5. The van der Waals surface area contributed by atoms with Crippen LogP contribution in [0.4, 0.5) is 5.69 Å². The second-order valence-corrected chi connectivity index (χ2v) is 7.55. The lowest BCUT2D eigenvalue weighted by molar-refractivity contribution is -0.136. The summed E-state index contributed by atoms with van der Waals surface area (Å²) in [4.78, 5) is 23.7. The molecule has 1 N–H and O–H groups in total. The summed E-state index contributed by atoms with van der Waals surface area (Å²) in [5.74, 6) is -1.05. The number of halogens is 1. The van der Waals surface area contributed by atoms with Crippen molar-refractivity contribution in [2.24, 2.45) is 0 Å². The first-order valence-corrected chi connectivity index (χ1v) is 9.71. The molecule has 0 bridgehead atoms. The Kier molecular flexibility index (Phi) is 6.54. The number of carbonyl (C=O) groups excluding carboxylic acids is 2. The van der Waals surface area contributed by atoms with Crippen molar-refractivity contribution in [1.29, 1.82) is 0 Å². The largest absolute Gasteiger partial charge is 0.454 e. The maximum Gasteiger partial charge on any atom is 0.331 e. The zero-order valence-electron chi connectivity index (χ0n) is 13.8. The van der Waals surface area contributed by atoms with E-state index in [9.17, 15) is 18.0 Å². The average Bonchev–Trinajstić information content (AvgIpc) is 2.58. The van der Waals surface area contributed by atoms with Crippen LogP contribution >= 0.6 is 11.6 Å². The highest BCUT2D eigenvalue weighted by atomic mass is 35.5. The molecule has 0 saturated heterocycles. The molecule has 0 saturated carbocycles. The minimum absolute atomic E-state index is 0.304. The van der Waals surface area contributed by atoms with E-state index in [1.807, 2.05) is 0 Å². The molecule has 2 aromatic rings. The first kappa shape index (κ1) is 19.7. The monoisotopic (exact) mass is 393 g/mol. The predicted octanol–water partition coefficient (Wildman–Crippen LogP) is 3.15. The van der Waals surface area contributed by atoms with Gasteiger partial charge in [-0.25, -0.2) is 13.2 Å². The Morgan fingerprint density at radius 3 is 2.27 bits per heavy atom. The lowest BCUT2D eigenvalue weighted by Gasteiger charge is -2.05. The standard InChI is InChI=1S/C18H16ClNO5S/c1-26(23,24)20-16-9-5-14(6-10-16)17(21)12-25-18(22)11-4-13-2-7-15(19)8-3-13/h2-11,20H,12H2,1H3/b11-4+. The molecule has 2 rings (SSSR count). The summed E-state index contributed by atoms with van der Waals surface area (Å²) in [6, 6.07) is 12.7. The Morgan fingerprint density at radius 1 is 1.08 bits per heavy atom. The Bertz CT molecular complexity index is 919. The van der Waals surface area contributed by atoms with Crippen molar-refractivity contribution in [3.05, 3.63) is 70.8 Å². The summed E-state index contributed by atoms with van der Waals surface area (Å²) in [7, 11) is -3.38. The number of rotatable bonds is 7. The van der Waals surface area contributed by atoms with Crippen LogP contribution in [0.25, 0.3) is 6.08 Å². The van der Waals surface area contributed by atoms with Crippen molar-refractivity contribution in [1.82, 2.24) is 0 Å². The number of ether oxygens (including phenoxy) is 1. The van der Waals surface area contributed by atoms with Crippen LogP contribution < -0.4 is 4.72 Å². The van der Waals surface area contributed by atoms with Crippen LogP contribution in [0, 0.1) is 0 Å². The van der Waals surface area contributed by atoms with Crippen LogP contribution in [-0.4, -0.2) is 33.0 Å². The maximum absolute atomic E-state index is 12.0. The molecular weight excluding hydrogens is 378 g/mol. The fourth-order valence-corrected chi connectivity index (χ4v) is 2.63. The number of hydrogen-bond acceptors (Lipinski definition) is 5. The van der Waals surface area contributed by atoms with E-state index in [2.05, 4.69) is 4.72 Å². The van der Waals surface area contributed by atoms with Crippen molar-refractivity contribution in [2.45, 2.75) is 0 Å². The van der Waals surface area contributed by atoms with Gasteiger partial charge in [0.05, 0.1) is 6.26 Å². The fraction of sp³-hybridized carbons (Fsp3) is 0.111. The third-order valence-electron chi connectivity index (χ3n) is 3.14. The van der Waals surface area contributed by atoms with Gasteiger partial charge >= 0.3 is 5.97 Å². The number of Topliss-reactive ketones (excluding diaryl/α,β-unsaturated/α-hetero) is 1. The molecule has 8 heteroatoms. The molecule has 0 radical (unpaired) electrons. The molecule has 0 atom stereocenters. The minimum Gasteiger partial charge on any atom is -0.454 e. The molecule has 2 aromatic carbocycles. The first-order valence-electron chi connectivity index (χ1n) is 7.44. The van der Waals surface area contributed by atoms with Crippen LogP contribution in [0.15, 0.2) is 54.6 Å². The predicted molar refractivity (Wildman–Crippen MR) is 101 cm³/mol. The molecular formula is C18H16ClNO5S. The fourth-order valence-electron chi connectivity index (χ4n) is 1.94. The number of hydrogen-bond donors (Lipinski definition) is 1. The molecule has 0 heterocycles. The third-order valence-corrected chi connectivity index (χ3v) is 4.00. The van der Waals surface area contributed by atoms with Crippen molar-refractivity contribution < 1.29 is 22.7 Å². The van der Waals surface area contributed by atoms with Crippen molar-refractivity contribution in [3.63, 3.8) is 0 Å². The van der Waals surface area contributed by atoms with Crippen molar-refractivity contribution in [2.75, 3.05) is 17.6 Å². The first-order chi connectivity index (χ1) is 12.2. The SMILES string of the molecule is CS(=O)(=O)Nc1ccc(C(=O)COC(=O)/C=C/c2ccc(Cl)cc2)cc1. The molecule has 0 spiro atoms. The topological polar surface area (TPSA) is 89.5 Å². The van der Waals surface area contributed by atoms with E-state index in [1.54, 1.807) is 30.3 Å². The molecule has 0 fully saturated rings. The number of nitrogens with one attached hydrogen (secondary N) is 1. The highest BCUT2D eigenvalue weighted by Gasteiger charge is 2.09. The molecule has 6 nitrogen and oxygen atoms in total. The second kappa shape index (κ2) is 8.64. The van der Waals surface area contributed by atoms with Gasteiger partial charge < -0.3 is 4.74 Å². The van der Waals surface area contributed by atoms with Gasteiger partial charge in [-0.2, -0.15) is 0 Å². The number of benzene rings is 2. The van der Waals surface area contributed by atoms with Crippen molar-refractivity contribution in [3.8, 4) is 0 Å². The Labute approximate surface area is 156 Å². The van der Waals surface area contributed by atoms with Gasteiger partial charge in [-0.05, 0) is 48.0 Å². The molecule has 136 valence electrons. The van der Waals surface area contributed by atoms with E-state index in [-0.39, 0.29) is 0 Å². The number of sulfonamides is 1. The lowest BCUT2D eigenvalue weighted by Crippen LogP contribution is -2.13. The van der Waals surface area contributed by atoms with E-state index < -0.39 is 28.4 Å². The molecule has 0 aliphatic carbocycles. The van der Waals surface area contributed by atoms with Gasteiger partial charge in [-0.3, -0.25) is 9.52 Å². The molecule has 0 unspecified atom stereocenters. The smallest absolute Gasteiger partial charge is 0.331 e. The van der Waals surface area contributed by atoms with Crippen LogP contribution in [-0.2, 0) is 19.6 Å². The molecule has 26 heavy (non-hydrogen) atoms. The van der Waals surface area contributed by atoms with Crippen LogP contribution in [0.2, 0.25) is 5.02 Å². The van der Waals surface area contributed by atoms with E-state index >= 15 is 0 Å². The number of carbonyl (C=O) groups is 2. The highest BCUT2D eigenvalue weighted by Crippen LogP contribution is 2.12. The zero-order chi connectivity index (χ0) is 19.2. The Hall–Kier alpha value is -2.64. The average molecular weight is 394 g/mol. The third kappa shape index (κ3) is 6.70. The van der Waals surface area contributed by atoms with E-state index in [1.165, 1.54) is 30.3 Å². The normalized spacial score (nSPS) is 11.3. The summed E-state index contributed by atoms with van der Waals surface area (Å²) in [5.41, 5.74) is 1.41. The second-order valence-electron chi connectivity index (χ2n) is 5.37. The van der Waals surface area contributed by atoms with Crippen molar-refractivity contribution >= 4 is 45.1 Å². The molecule has 0 aromatic heterocycles. The number of esters is 1. The molecule has 0 amide bonds. The van der Waals surface area contributed by atoms with Gasteiger partial charge in [0, 0.05) is 22.3 Å². The maximum atomic E-state index is 12.0. The lowest BCUT2D eigenvalue weighted by atomic mass is 10.1. The van der Waals surface area contributed by atoms with Crippen LogP contribution in [0.1, 0.15) is 15.9 Å². The molecule has 0 aliphatic heterocycles. The summed E-state index contributed by atoms with van der Waals surface area (Å²) >= 11 is 5.77. The number of ketones is 1. The van der Waals surface area contributed by atoms with E-state index in [4.69, 9.17) is 16.3 Å². The quantitative estimate of drug-likeness (QED) is 0.443. The van der Waals surface area contributed by atoms with Gasteiger partial charge in [-0.1, -0.05) is 23.7 Å². The van der Waals surface area contributed by atoms with Crippen LogP contribution in [0.3, 0.4) is 0 Å². The van der Waals surface area contributed by atoms with Gasteiger partial charge in [0.25, 0.3) is 0 Å². The van der Waals surface area contributed by atoms with Crippen LogP contribution in [0.5, 0.6) is 0 Å². The van der Waals surface area contributed by atoms with Gasteiger partial charge in [0.15, 0.2) is 12.4 Å². The minimum atomic E-state index is -3.38. The number of anilines is 1. The van der Waals surface area contributed by atoms with Gasteiger partial charge in [-0.15, -0.1) is 0 Å². The summed E-state index contributed by atoms with van der Waals surface area (Å²) in [6.07, 6.45) is 3.80. The Morgan fingerprint density at radius 2 is 1.69 bits per heavy atom. The van der Waals surface area contributed by atoms with E-state index in [0.717, 1.165) is 11.8 Å². The zero-order valence-corrected chi connectivity index (χ0v) is 15.4. The Balaban J connectivity index is 1.87. The summed E-state index contributed by atoms with van der Waals surface area (Å²) in [6.45, 7) is -0.414. The van der Waals surface area contributed by atoms with Gasteiger partial charge in [0.2, 0.25) is 10.0 Å². The van der Waals surface area contributed by atoms with E-state index in [0.29, 0.717) is 16.3 Å². The van der Waals surface area contributed by atoms with Gasteiger partial charge in [0.1, 0.15) is 0 Å². The molecule has 0 aliphatic rings. The summed E-state index contributed by atoms with van der Waals surface area (Å²) in [5, 5.41) is 0.591.